The van der Waals surface area contributed by atoms with Crippen LogP contribution in [0.3, 0.4) is 0 Å². The predicted octanol–water partition coefficient (Wildman–Crippen LogP) is 2.66. The molecule has 2 aromatic rings. The largest absolute Gasteiger partial charge is 0.292 e. The lowest BCUT2D eigenvalue weighted by Gasteiger charge is -1.99. The summed E-state index contributed by atoms with van der Waals surface area (Å²) in [6, 6.07) is 4.04. The van der Waals surface area contributed by atoms with Crippen molar-refractivity contribution in [2.75, 3.05) is 0 Å². The first-order valence-corrected chi connectivity index (χ1v) is 5.98. The van der Waals surface area contributed by atoms with Crippen LogP contribution < -0.4 is 0 Å². The van der Waals surface area contributed by atoms with Crippen LogP contribution in [0, 0.1) is 6.92 Å². The summed E-state index contributed by atoms with van der Waals surface area (Å²) in [5.41, 5.74) is 1.29. The normalized spacial score (nSPS) is 10.3. The van der Waals surface area contributed by atoms with Crippen LogP contribution in [0.2, 0.25) is 0 Å². The molecule has 2 heterocycles. The molecule has 0 aliphatic carbocycles. The lowest BCUT2D eigenvalue weighted by atomic mass is 10.1. The minimum absolute atomic E-state index is 0.0564. The number of hydrogen-bond donors (Lipinski definition) is 0. The van der Waals surface area contributed by atoms with E-state index in [2.05, 4.69) is 9.97 Å². The molecule has 0 N–H and O–H groups in total. The van der Waals surface area contributed by atoms with Gasteiger partial charge in [-0.25, -0.2) is 4.98 Å². The van der Waals surface area contributed by atoms with Gasteiger partial charge < -0.3 is 0 Å². The first kappa shape index (κ1) is 11.0. The molecule has 0 saturated heterocycles. The van der Waals surface area contributed by atoms with Gasteiger partial charge in [0.05, 0.1) is 11.9 Å². The van der Waals surface area contributed by atoms with Crippen molar-refractivity contribution in [1.82, 2.24) is 9.97 Å². The molecule has 0 unspecified atom stereocenters. The zero-order chi connectivity index (χ0) is 11.4. The van der Waals surface area contributed by atoms with E-state index < -0.39 is 0 Å². The van der Waals surface area contributed by atoms with Crippen molar-refractivity contribution in [2.45, 2.75) is 19.8 Å². The van der Waals surface area contributed by atoms with Crippen LogP contribution in [0.1, 0.15) is 27.5 Å². The standard InChI is InChI=1S/C12H12N2OS/c1-9-7-14-11(8-13-9)12(15)5-4-10-3-2-6-16-10/h2-3,6-8H,4-5H2,1H3. The molecule has 2 rings (SSSR count). The molecule has 0 amide bonds. The van der Waals surface area contributed by atoms with Crippen molar-refractivity contribution < 1.29 is 4.79 Å². The van der Waals surface area contributed by atoms with Crippen LogP contribution in [0.15, 0.2) is 29.9 Å². The highest BCUT2D eigenvalue weighted by atomic mass is 32.1. The average molecular weight is 232 g/mol. The first-order valence-electron chi connectivity index (χ1n) is 5.10. The summed E-state index contributed by atoms with van der Waals surface area (Å²) in [7, 11) is 0. The van der Waals surface area contributed by atoms with Crippen molar-refractivity contribution in [3.05, 3.63) is 46.2 Å². The minimum atomic E-state index is 0.0564. The van der Waals surface area contributed by atoms with E-state index in [4.69, 9.17) is 0 Å². The number of carbonyl (C=O) groups is 1. The summed E-state index contributed by atoms with van der Waals surface area (Å²) in [6.45, 7) is 1.85. The summed E-state index contributed by atoms with van der Waals surface area (Å²) < 4.78 is 0. The number of rotatable bonds is 4. The van der Waals surface area contributed by atoms with Gasteiger partial charge in [0.15, 0.2) is 5.78 Å². The van der Waals surface area contributed by atoms with Crippen molar-refractivity contribution in [2.24, 2.45) is 0 Å². The third kappa shape index (κ3) is 2.73. The smallest absolute Gasteiger partial charge is 0.183 e. The fraction of sp³-hybridized carbons (Fsp3) is 0.250. The summed E-state index contributed by atoms with van der Waals surface area (Å²) in [5, 5.41) is 2.02. The van der Waals surface area contributed by atoms with Crippen LogP contribution in [0.25, 0.3) is 0 Å². The van der Waals surface area contributed by atoms with Crippen LogP contribution in [0.4, 0.5) is 0 Å². The van der Waals surface area contributed by atoms with E-state index in [-0.39, 0.29) is 5.78 Å². The molecule has 16 heavy (non-hydrogen) atoms. The molecule has 4 heteroatoms. The Balaban J connectivity index is 1.95. The fourth-order valence-corrected chi connectivity index (χ4v) is 2.07. The number of aryl methyl sites for hydroxylation is 2. The number of nitrogens with zero attached hydrogens (tertiary/aromatic N) is 2. The lowest BCUT2D eigenvalue weighted by molar-refractivity contribution is 0.0978. The number of aromatic nitrogens is 2. The van der Waals surface area contributed by atoms with Crippen molar-refractivity contribution >= 4 is 17.1 Å². The van der Waals surface area contributed by atoms with Crippen molar-refractivity contribution in [3.63, 3.8) is 0 Å². The summed E-state index contributed by atoms with van der Waals surface area (Å²) in [5.74, 6) is 0.0564. The van der Waals surface area contributed by atoms with Crippen molar-refractivity contribution in [3.8, 4) is 0 Å². The van der Waals surface area contributed by atoms with Gasteiger partial charge in [0.25, 0.3) is 0 Å². The van der Waals surface area contributed by atoms with Crippen molar-refractivity contribution in [1.29, 1.82) is 0 Å². The quantitative estimate of drug-likeness (QED) is 0.761. The maximum absolute atomic E-state index is 11.8. The molecule has 0 radical (unpaired) electrons. The Morgan fingerprint density at radius 2 is 2.25 bits per heavy atom. The Kier molecular flexibility index (Phi) is 3.41. The molecule has 0 bridgehead atoms. The number of carbonyl (C=O) groups excluding carboxylic acids is 1. The van der Waals surface area contributed by atoms with E-state index >= 15 is 0 Å². The van der Waals surface area contributed by atoms with E-state index in [1.165, 1.54) is 4.88 Å². The molecular weight excluding hydrogens is 220 g/mol. The summed E-state index contributed by atoms with van der Waals surface area (Å²) >= 11 is 1.67. The van der Waals surface area contributed by atoms with Gasteiger partial charge in [-0.1, -0.05) is 6.07 Å². The highest BCUT2D eigenvalue weighted by Crippen LogP contribution is 2.12. The number of hydrogen-bond acceptors (Lipinski definition) is 4. The van der Waals surface area contributed by atoms with E-state index in [0.29, 0.717) is 12.1 Å². The molecule has 0 atom stereocenters. The zero-order valence-electron chi connectivity index (χ0n) is 9.01. The van der Waals surface area contributed by atoms with Gasteiger partial charge >= 0.3 is 0 Å². The number of Topliss-reactive ketones (excluding diaryl/α,β-unsaturated/α-hetero) is 1. The third-order valence-electron chi connectivity index (χ3n) is 2.25. The Labute approximate surface area is 98.2 Å². The topological polar surface area (TPSA) is 42.9 Å². The van der Waals surface area contributed by atoms with Gasteiger partial charge in [0, 0.05) is 17.5 Å². The maximum atomic E-state index is 11.8. The minimum Gasteiger partial charge on any atom is -0.292 e. The predicted molar refractivity (Wildman–Crippen MR) is 63.7 cm³/mol. The molecule has 82 valence electrons. The molecule has 0 aliphatic rings. The van der Waals surface area contributed by atoms with Crippen LogP contribution in [-0.4, -0.2) is 15.8 Å². The third-order valence-corrected chi connectivity index (χ3v) is 3.18. The second kappa shape index (κ2) is 4.99. The first-order chi connectivity index (χ1) is 7.75. The van der Waals surface area contributed by atoms with E-state index in [1.807, 2.05) is 24.4 Å². The molecule has 2 aromatic heterocycles. The highest BCUT2D eigenvalue weighted by Gasteiger charge is 2.08. The number of ketones is 1. The van der Waals surface area contributed by atoms with Crippen LogP contribution in [0.5, 0.6) is 0 Å². The zero-order valence-corrected chi connectivity index (χ0v) is 9.83. The Bertz CT molecular complexity index is 462. The van der Waals surface area contributed by atoms with Gasteiger partial charge in [0.1, 0.15) is 5.69 Å². The average Bonchev–Trinajstić information content (AvgIpc) is 2.80. The monoisotopic (exact) mass is 232 g/mol. The summed E-state index contributed by atoms with van der Waals surface area (Å²) in [6.07, 6.45) is 4.45. The molecule has 0 aromatic carbocycles. The number of thiophene rings is 1. The fourth-order valence-electron chi connectivity index (χ4n) is 1.36. The van der Waals surface area contributed by atoms with Crippen LogP contribution in [-0.2, 0) is 6.42 Å². The second-order valence-corrected chi connectivity index (χ2v) is 4.58. The SMILES string of the molecule is Cc1cnc(C(=O)CCc2cccs2)cn1. The van der Waals surface area contributed by atoms with E-state index in [1.54, 1.807) is 23.7 Å². The maximum Gasteiger partial charge on any atom is 0.183 e. The Morgan fingerprint density at radius 3 is 2.88 bits per heavy atom. The van der Waals surface area contributed by atoms with Gasteiger partial charge in [0.2, 0.25) is 0 Å². The molecule has 0 spiro atoms. The van der Waals surface area contributed by atoms with E-state index in [9.17, 15) is 4.79 Å². The molecule has 3 nitrogen and oxygen atoms in total. The second-order valence-electron chi connectivity index (χ2n) is 3.55. The highest BCUT2D eigenvalue weighted by molar-refractivity contribution is 7.09. The molecular formula is C12H12N2OS. The summed E-state index contributed by atoms with van der Waals surface area (Å²) in [4.78, 5) is 21.1. The molecule has 0 fully saturated rings. The van der Waals surface area contributed by atoms with Gasteiger partial charge in [-0.15, -0.1) is 11.3 Å². The van der Waals surface area contributed by atoms with Crippen LogP contribution >= 0.6 is 11.3 Å². The Morgan fingerprint density at radius 1 is 1.38 bits per heavy atom. The van der Waals surface area contributed by atoms with Gasteiger partial charge in [-0.3, -0.25) is 9.78 Å². The Hall–Kier alpha value is -1.55. The van der Waals surface area contributed by atoms with E-state index in [0.717, 1.165) is 12.1 Å². The lowest BCUT2D eigenvalue weighted by Crippen LogP contribution is -2.04. The molecule has 0 aliphatic heterocycles. The van der Waals surface area contributed by atoms with Gasteiger partial charge in [-0.05, 0) is 24.8 Å². The van der Waals surface area contributed by atoms with Gasteiger partial charge in [-0.2, -0.15) is 0 Å². The molecule has 0 saturated carbocycles.